The van der Waals surface area contributed by atoms with Gasteiger partial charge in [-0.25, -0.2) is 4.79 Å². The van der Waals surface area contributed by atoms with Crippen LogP contribution in [-0.2, 0) is 9.53 Å². The van der Waals surface area contributed by atoms with E-state index >= 15 is 0 Å². The molecule has 16 heavy (non-hydrogen) atoms. The molecule has 1 aromatic heterocycles. The van der Waals surface area contributed by atoms with E-state index in [1.54, 1.807) is 17.8 Å². The Hall–Kier alpha value is -1.52. The molecule has 1 heterocycles. The van der Waals surface area contributed by atoms with Gasteiger partial charge in [-0.05, 0) is 20.3 Å². The summed E-state index contributed by atoms with van der Waals surface area (Å²) in [7, 11) is 0. The van der Waals surface area contributed by atoms with Crippen molar-refractivity contribution in [2.45, 2.75) is 39.7 Å². The van der Waals surface area contributed by atoms with Gasteiger partial charge in [0.1, 0.15) is 11.9 Å². The number of aryl methyl sites for hydroxylation is 1. The molecule has 1 atom stereocenters. The van der Waals surface area contributed by atoms with Crippen LogP contribution in [0, 0.1) is 6.92 Å². The molecule has 0 bridgehead atoms. The minimum Gasteiger partial charge on any atom is -0.464 e. The molecule has 0 radical (unpaired) electrons. The standard InChI is InChI=1S/C11H19N3O2/c1-4-6-9(11(15)16-5-2)14-7-8(3)10(12)13-14/h7,9H,4-6H2,1-3H3,(H2,12,13). The van der Waals surface area contributed by atoms with E-state index in [-0.39, 0.29) is 12.0 Å². The number of hydrogen-bond acceptors (Lipinski definition) is 4. The van der Waals surface area contributed by atoms with E-state index in [9.17, 15) is 4.79 Å². The Morgan fingerprint density at radius 3 is 2.75 bits per heavy atom. The first-order valence-corrected chi connectivity index (χ1v) is 5.58. The van der Waals surface area contributed by atoms with Crippen molar-refractivity contribution in [3.63, 3.8) is 0 Å². The zero-order valence-electron chi connectivity index (χ0n) is 10.1. The van der Waals surface area contributed by atoms with E-state index in [4.69, 9.17) is 10.5 Å². The number of aromatic nitrogens is 2. The molecule has 0 saturated heterocycles. The average molecular weight is 225 g/mol. The highest BCUT2D eigenvalue weighted by Gasteiger charge is 2.22. The molecule has 5 nitrogen and oxygen atoms in total. The molecule has 2 N–H and O–H groups in total. The minimum atomic E-state index is -0.360. The summed E-state index contributed by atoms with van der Waals surface area (Å²) in [6.45, 7) is 6.07. The molecule has 0 aliphatic carbocycles. The highest BCUT2D eigenvalue weighted by Crippen LogP contribution is 2.18. The largest absolute Gasteiger partial charge is 0.464 e. The molecule has 0 amide bonds. The Morgan fingerprint density at radius 1 is 1.62 bits per heavy atom. The van der Waals surface area contributed by atoms with Gasteiger partial charge in [-0.2, -0.15) is 5.10 Å². The third-order valence-corrected chi connectivity index (χ3v) is 2.39. The lowest BCUT2D eigenvalue weighted by Gasteiger charge is -2.14. The van der Waals surface area contributed by atoms with Gasteiger partial charge < -0.3 is 10.5 Å². The number of hydrogen-bond donors (Lipinski definition) is 1. The Balaban J connectivity index is 2.88. The topological polar surface area (TPSA) is 70.1 Å². The molecular weight excluding hydrogens is 206 g/mol. The molecule has 0 aliphatic rings. The third-order valence-electron chi connectivity index (χ3n) is 2.39. The van der Waals surface area contributed by atoms with E-state index < -0.39 is 0 Å². The zero-order valence-corrected chi connectivity index (χ0v) is 10.1. The third kappa shape index (κ3) is 2.74. The predicted molar refractivity (Wildman–Crippen MR) is 62.0 cm³/mol. The number of esters is 1. The first kappa shape index (κ1) is 12.5. The highest BCUT2D eigenvalue weighted by atomic mass is 16.5. The predicted octanol–water partition coefficient (Wildman–Crippen LogP) is 1.68. The second-order valence-electron chi connectivity index (χ2n) is 3.73. The maximum Gasteiger partial charge on any atom is 0.330 e. The summed E-state index contributed by atoms with van der Waals surface area (Å²) < 4.78 is 6.62. The lowest BCUT2D eigenvalue weighted by Crippen LogP contribution is -2.22. The summed E-state index contributed by atoms with van der Waals surface area (Å²) in [5.41, 5.74) is 6.54. The minimum absolute atomic E-state index is 0.244. The van der Waals surface area contributed by atoms with Crippen LogP contribution in [0.5, 0.6) is 0 Å². The molecule has 0 aromatic carbocycles. The van der Waals surface area contributed by atoms with E-state index in [2.05, 4.69) is 5.10 Å². The summed E-state index contributed by atoms with van der Waals surface area (Å²) >= 11 is 0. The van der Waals surface area contributed by atoms with Crippen LogP contribution in [-0.4, -0.2) is 22.4 Å². The summed E-state index contributed by atoms with van der Waals surface area (Å²) in [6.07, 6.45) is 3.38. The molecule has 0 aliphatic heterocycles. The fourth-order valence-electron chi connectivity index (χ4n) is 1.53. The van der Waals surface area contributed by atoms with Crippen molar-refractivity contribution in [1.29, 1.82) is 0 Å². The first-order chi connectivity index (χ1) is 7.60. The molecule has 5 heteroatoms. The van der Waals surface area contributed by atoms with Crippen LogP contribution < -0.4 is 5.73 Å². The fraction of sp³-hybridized carbons (Fsp3) is 0.636. The number of ether oxygens (including phenoxy) is 1. The Labute approximate surface area is 95.6 Å². The molecule has 90 valence electrons. The summed E-state index contributed by atoms with van der Waals surface area (Å²) in [6, 6.07) is -0.360. The molecule has 0 fully saturated rings. The molecule has 0 saturated carbocycles. The molecular formula is C11H19N3O2. The lowest BCUT2D eigenvalue weighted by molar-refractivity contribution is -0.147. The van der Waals surface area contributed by atoms with Gasteiger partial charge in [0.2, 0.25) is 0 Å². The second-order valence-corrected chi connectivity index (χ2v) is 3.73. The molecule has 1 aromatic rings. The highest BCUT2D eigenvalue weighted by molar-refractivity contribution is 5.74. The number of nitrogen functional groups attached to an aromatic ring is 1. The summed E-state index contributed by atoms with van der Waals surface area (Å²) in [5.74, 6) is 0.220. The van der Waals surface area contributed by atoms with Crippen LogP contribution in [0.3, 0.4) is 0 Å². The van der Waals surface area contributed by atoms with Crippen molar-refractivity contribution in [1.82, 2.24) is 9.78 Å². The van der Waals surface area contributed by atoms with E-state index in [1.165, 1.54) is 0 Å². The zero-order chi connectivity index (χ0) is 12.1. The normalized spacial score (nSPS) is 12.4. The average Bonchev–Trinajstić information content (AvgIpc) is 2.55. The lowest BCUT2D eigenvalue weighted by atomic mass is 10.2. The summed E-state index contributed by atoms with van der Waals surface area (Å²) in [5, 5.41) is 4.13. The van der Waals surface area contributed by atoms with Crippen molar-refractivity contribution in [3.8, 4) is 0 Å². The van der Waals surface area contributed by atoms with Gasteiger partial charge in [0.25, 0.3) is 0 Å². The molecule has 1 rings (SSSR count). The van der Waals surface area contributed by atoms with Crippen molar-refractivity contribution in [2.75, 3.05) is 12.3 Å². The number of carbonyl (C=O) groups is 1. The van der Waals surface area contributed by atoms with Gasteiger partial charge in [-0.15, -0.1) is 0 Å². The second kappa shape index (κ2) is 5.53. The number of anilines is 1. The van der Waals surface area contributed by atoms with Crippen LogP contribution in [0.1, 0.15) is 38.3 Å². The number of nitrogens with zero attached hydrogens (tertiary/aromatic N) is 2. The van der Waals surface area contributed by atoms with Gasteiger partial charge in [-0.1, -0.05) is 13.3 Å². The van der Waals surface area contributed by atoms with Gasteiger partial charge in [0.15, 0.2) is 0 Å². The molecule has 0 spiro atoms. The number of carbonyl (C=O) groups excluding carboxylic acids is 1. The van der Waals surface area contributed by atoms with Gasteiger partial charge in [-0.3, -0.25) is 4.68 Å². The Kier molecular flexibility index (Phi) is 4.34. The maximum absolute atomic E-state index is 11.7. The molecule has 1 unspecified atom stereocenters. The van der Waals surface area contributed by atoms with Crippen LogP contribution in [0.4, 0.5) is 5.82 Å². The van der Waals surface area contributed by atoms with Crippen molar-refractivity contribution in [3.05, 3.63) is 11.8 Å². The van der Waals surface area contributed by atoms with Gasteiger partial charge in [0, 0.05) is 11.8 Å². The number of nitrogens with two attached hydrogens (primary N) is 1. The quantitative estimate of drug-likeness (QED) is 0.774. The summed E-state index contributed by atoms with van der Waals surface area (Å²) in [4.78, 5) is 11.7. The van der Waals surface area contributed by atoms with Crippen molar-refractivity contribution in [2.24, 2.45) is 0 Å². The van der Waals surface area contributed by atoms with Crippen LogP contribution in [0.15, 0.2) is 6.20 Å². The van der Waals surface area contributed by atoms with Crippen LogP contribution in [0.2, 0.25) is 0 Å². The number of rotatable bonds is 5. The SMILES string of the molecule is CCCC(C(=O)OCC)n1cc(C)c(N)n1. The smallest absolute Gasteiger partial charge is 0.330 e. The van der Waals surface area contributed by atoms with Gasteiger partial charge in [0.05, 0.1) is 6.61 Å². The van der Waals surface area contributed by atoms with Crippen LogP contribution in [0.25, 0.3) is 0 Å². The van der Waals surface area contributed by atoms with Gasteiger partial charge >= 0.3 is 5.97 Å². The Morgan fingerprint density at radius 2 is 2.31 bits per heavy atom. The first-order valence-electron chi connectivity index (χ1n) is 5.58. The van der Waals surface area contributed by atoms with E-state index in [1.807, 2.05) is 13.8 Å². The van der Waals surface area contributed by atoms with Crippen molar-refractivity contribution >= 4 is 11.8 Å². The van der Waals surface area contributed by atoms with Crippen LogP contribution >= 0.6 is 0 Å². The van der Waals surface area contributed by atoms with E-state index in [0.717, 1.165) is 12.0 Å². The maximum atomic E-state index is 11.7. The van der Waals surface area contributed by atoms with Crippen molar-refractivity contribution < 1.29 is 9.53 Å². The monoisotopic (exact) mass is 225 g/mol. The van der Waals surface area contributed by atoms with E-state index in [0.29, 0.717) is 18.8 Å². The fourth-order valence-corrected chi connectivity index (χ4v) is 1.53. The Bertz CT molecular complexity index is 341.